The van der Waals surface area contributed by atoms with Crippen LogP contribution in [-0.2, 0) is 11.8 Å². The smallest absolute Gasteiger partial charge is 0.382 e. The van der Waals surface area contributed by atoms with Crippen LogP contribution in [0.25, 0.3) is 0 Å². The number of hydrogen-bond donors (Lipinski definition) is 2. The van der Waals surface area contributed by atoms with E-state index in [9.17, 15) is 18.3 Å². The molecule has 0 saturated carbocycles. The number of benzene rings is 1. The first-order valence-electron chi connectivity index (χ1n) is 4.53. The molecule has 0 amide bonds. The second-order valence-corrected chi connectivity index (χ2v) is 3.71. The van der Waals surface area contributed by atoms with Crippen LogP contribution in [0.5, 0.6) is 0 Å². The molecule has 2 nitrogen and oxygen atoms in total. The fourth-order valence-electron chi connectivity index (χ4n) is 1.55. The molecule has 1 aliphatic rings. The predicted molar refractivity (Wildman–Crippen MR) is 48.2 cm³/mol. The number of rotatable bonds is 1. The summed E-state index contributed by atoms with van der Waals surface area (Å²) in [6.07, 6.45) is -4.36. The van der Waals surface area contributed by atoms with Gasteiger partial charge in [-0.05, 0) is 17.7 Å². The molecule has 2 rings (SSSR count). The number of aliphatic hydroxyl groups is 1. The van der Waals surface area contributed by atoms with Crippen molar-refractivity contribution in [3.63, 3.8) is 0 Å². The van der Waals surface area contributed by atoms with E-state index in [0.29, 0.717) is 18.7 Å². The summed E-state index contributed by atoms with van der Waals surface area (Å²) in [5.41, 5.74) is -1.54. The van der Waals surface area contributed by atoms with E-state index in [4.69, 9.17) is 0 Å². The fraction of sp³-hybridized carbons (Fsp3) is 0.400. The zero-order chi connectivity index (χ0) is 11.1. The van der Waals surface area contributed by atoms with Gasteiger partial charge in [-0.1, -0.05) is 12.1 Å². The largest absolute Gasteiger partial charge is 0.416 e. The maximum absolute atomic E-state index is 12.4. The summed E-state index contributed by atoms with van der Waals surface area (Å²) in [6, 6.07) is 4.82. The van der Waals surface area contributed by atoms with Crippen molar-refractivity contribution in [3.8, 4) is 0 Å². The first kappa shape index (κ1) is 10.4. The van der Waals surface area contributed by atoms with Crippen LogP contribution in [0.4, 0.5) is 13.2 Å². The third-order valence-corrected chi connectivity index (χ3v) is 2.56. The number of alkyl halides is 3. The van der Waals surface area contributed by atoms with Gasteiger partial charge >= 0.3 is 6.18 Å². The molecule has 0 atom stereocenters. The van der Waals surface area contributed by atoms with Gasteiger partial charge in [0, 0.05) is 13.1 Å². The highest BCUT2D eigenvalue weighted by Crippen LogP contribution is 2.33. The summed E-state index contributed by atoms with van der Waals surface area (Å²) in [4.78, 5) is 0. The van der Waals surface area contributed by atoms with Crippen molar-refractivity contribution in [2.45, 2.75) is 11.8 Å². The van der Waals surface area contributed by atoms with Crippen LogP contribution in [0, 0.1) is 0 Å². The van der Waals surface area contributed by atoms with Gasteiger partial charge in [0.05, 0.1) is 5.56 Å². The monoisotopic (exact) mass is 217 g/mol. The minimum absolute atomic E-state index is 0.300. The standard InChI is InChI=1S/C10H10F3NO/c11-10(12,13)8-3-1-2-7(4-8)9(15)5-14-6-9/h1-4,14-15H,5-6H2. The van der Waals surface area contributed by atoms with E-state index in [2.05, 4.69) is 5.32 Å². The molecule has 1 fully saturated rings. The van der Waals surface area contributed by atoms with Crippen LogP contribution in [0.1, 0.15) is 11.1 Å². The summed E-state index contributed by atoms with van der Waals surface area (Å²) in [5, 5.41) is 12.7. The Balaban J connectivity index is 2.35. The summed E-state index contributed by atoms with van der Waals surface area (Å²) in [5.74, 6) is 0. The second kappa shape index (κ2) is 3.21. The minimum atomic E-state index is -4.36. The maximum atomic E-state index is 12.4. The Labute approximate surface area is 84.7 Å². The lowest BCUT2D eigenvalue weighted by molar-refractivity contribution is -0.137. The highest BCUT2D eigenvalue weighted by atomic mass is 19.4. The second-order valence-electron chi connectivity index (χ2n) is 3.71. The van der Waals surface area contributed by atoms with E-state index in [1.807, 2.05) is 0 Å². The van der Waals surface area contributed by atoms with Gasteiger partial charge in [0.15, 0.2) is 0 Å². The van der Waals surface area contributed by atoms with E-state index in [-0.39, 0.29) is 0 Å². The molecule has 1 aliphatic heterocycles. The molecule has 82 valence electrons. The van der Waals surface area contributed by atoms with Gasteiger partial charge in [0.25, 0.3) is 0 Å². The number of halogens is 3. The molecule has 0 unspecified atom stereocenters. The number of nitrogens with one attached hydrogen (secondary N) is 1. The molecular weight excluding hydrogens is 207 g/mol. The fourth-order valence-corrected chi connectivity index (χ4v) is 1.55. The zero-order valence-corrected chi connectivity index (χ0v) is 7.80. The molecule has 0 aromatic heterocycles. The molecule has 0 radical (unpaired) electrons. The quantitative estimate of drug-likeness (QED) is 0.747. The van der Waals surface area contributed by atoms with Crippen LogP contribution in [0.2, 0.25) is 0 Å². The lowest BCUT2D eigenvalue weighted by Gasteiger charge is -2.38. The average molecular weight is 217 g/mol. The molecule has 1 saturated heterocycles. The van der Waals surface area contributed by atoms with Crippen LogP contribution in [-0.4, -0.2) is 18.2 Å². The average Bonchev–Trinajstić information content (AvgIpc) is 2.13. The van der Waals surface area contributed by atoms with Gasteiger partial charge in [-0.3, -0.25) is 0 Å². The molecule has 0 spiro atoms. The van der Waals surface area contributed by atoms with Gasteiger partial charge in [-0.2, -0.15) is 13.2 Å². The molecule has 5 heteroatoms. The zero-order valence-electron chi connectivity index (χ0n) is 7.80. The summed E-state index contributed by atoms with van der Waals surface area (Å²) in [6.45, 7) is 0.600. The van der Waals surface area contributed by atoms with Crippen molar-refractivity contribution in [2.75, 3.05) is 13.1 Å². The molecule has 1 heterocycles. The first-order chi connectivity index (χ1) is 6.92. The van der Waals surface area contributed by atoms with Crippen LogP contribution >= 0.6 is 0 Å². The number of β-amino-alcohol motifs (C(OH)–C–C–N with tert-alkyl or cyclic N) is 1. The van der Waals surface area contributed by atoms with Crippen molar-refractivity contribution >= 4 is 0 Å². The maximum Gasteiger partial charge on any atom is 0.416 e. The molecule has 2 N–H and O–H groups in total. The summed E-state index contributed by atoms with van der Waals surface area (Å²) in [7, 11) is 0. The van der Waals surface area contributed by atoms with E-state index in [1.54, 1.807) is 0 Å². The van der Waals surface area contributed by atoms with Crippen LogP contribution in [0.3, 0.4) is 0 Å². The van der Waals surface area contributed by atoms with Gasteiger partial charge in [-0.25, -0.2) is 0 Å². The Kier molecular flexibility index (Phi) is 2.24. The highest BCUT2D eigenvalue weighted by molar-refractivity contribution is 5.32. The molecule has 15 heavy (non-hydrogen) atoms. The highest BCUT2D eigenvalue weighted by Gasteiger charge is 2.38. The summed E-state index contributed by atoms with van der Waals surface area (Å²) < 4.78 is 37.1. The molecule has 0 bridgehead atoms. The third kappa shape index (κ3) is 1.85. The molecule has 0 aliphatic carbocycles. The number of hydrogen-bond acceptors (Lipinski definition) is 2. The Morgan fingerprint density at radius 3 is 2.40 bits per heavy atom. The Morgan fingerprint density at radius 2 is 1.93 bits per heavy atom. The van der Waals surface area contributed by atoms with Crippen molar-refractivity contribution in [1.82, 2.24) is 5.32 Å². The van der Waals surface area contributed by atoms with E-state index in [0.717, 1.165) is 12.1 Å². The topological polar surface area (TPSA) is 32.3 Å². The van der Waals surface area contributed by atoms with Gasteiger partial charge in [-0.15, -0.1) is 0 Å². The Morgan fingerprint density at radius 1 is 1.27 bits per heavy atom. The van der Waals surface area contributed by atoms with E-state index in [1.165, 1.54) is 12.1 Å². The van der Waals surface area contributed by atoms with E-state index < -0.39 is 17.3 Å². The lowest BCUT2D eigenvalue weighted by atomic mass is 9.87. The van der Waals surface area contributed by atoms with Crippen LogP contribution in [0.15, 0.2) is 24.3 Å². The normalized spacial score (nSPS) is 19.7. The third-order valence-electron chi connectivity index (χ3n) is 2.56. The van der Waals surface area contributed by atoms with Crippen molar-refractivity contribution < 1.29 is 18.3 Å². The van der Waals surface area contributed by atoms with Gasteiger partial charge in [0.1, 0.15) is 5.60 Å². The van der Waals surface area contributed by atoms with Crippen LogP contribution < -0.4 is 5.32 Å². The lowest BCUT2D eigenvalue weighted by Crippen LogP contribution is -2.56. The van der Waals surface area contributed by atoms with Gasteiger partial charge in [0.2, 0.25) is 0 Å². The van der Waals surface area contributed by atoms with E-state index >= 15 is 0 Å². The predicted octanol–water partition coefficient (Wildman–Crippen LogP) is 1.50. The minimum Gasteiger partial charge on any atom is -0.382 e. The van der Waals surface area contributed by atoms with Gasteiger partial charge < -0.3 is 10.4 Å². The molecular formula is C10H10F3NO. The van der Waals surface area contributed by atoms with Crippen molar-refractivity contribution in [3.05, 3.63) is 35.4 Å². The summed E-state index contributed by atoms with van der Waals surface area (Å²) >= 11 is 0. The molecule has 1 aromatic carbocycles. The van der Waals surface area contributed by atoms with Crippen molar-refractivity contribution in [2.24, 2.45) is 0 Å². The van der Waals surface area contributed by atoms with Crippen molar-refractivity contribution in [1.29, 1.82) is 0 Å². The molecule has 1 aromatic rings. The SMILES string of the molecule is OC1(c2cccc(C(F)(F)F)c2)CNC1. The Hall–Kier alpha value is -1.07. The Bertz CT molecular complexity index is 371. The first-order valence-corrected chi connectivity index (χ1v) is 4.53.